The van der Waals surface area contributed by atoms with E-state index in [2.05, 4.69) is 15.3 Å². The van der Waals surface area contributed by atoms with Crippen molar-refractivity contribution in [2.75, 3.05) is 0 Å². The lowest BCUT2D eigenvalue weighted by Crippen LogP contribution is -2.52. The lowest BCUT2D eigenvalue weighted by Gasteiger charge is -2.32. The molecule has 6 N–H and O–H groups in total. The molecule has 0 bridgehead atoms. The molecule has 0 saturated heterocycles. The largest absolute Gasteiger partial charge is 0.393 e. The number of nitrogens with one attached hydrogen (secondary N) is 2. The molecule has 154 valence electrons. The van der Waals surface area contributed by atoms with Crippen molar-refractivity contribution in [1.29, 1.82) is 0 Å². The lowest BCUT2D eigenvalue weighted by molar-refractivity contribution is -0.124. The van der Waals surface area contributed by atoms with Crippen LogP contribution in [0.4, 0.5) is 0 Å². The Morgan fingerprint density at radius 3 is 2.59 bits per heavy atom. The molecule has 1 heterocycles. The van der Waals surface area contributed by atoms with Crippen molar-refractivity contribution in [2.24, 2.45) is 17.6 Å². The van der Waals surface area contributed by atoms with E-state index in [9.17, 15) is 15.0 Å². The molecule has 27 heavy (non-hydrogen) atoms. The molecule has 0 radical (unpaired) electrons. The van der Waals surface area contributed by atoms with E-state index in [1.54, 1.807) is 12.5 Å². The first-order chi connectivity index (χ1) is 12.9. The number of amides is 1. The summed E-state index contributed by atoms with van der Waals surface area (Å²) in [6.07, 6.45) is 9.15. The number of H-pyrrole nitrogens is 1. The minimum Gasteiger partial charge on any atom is -0.393 e. The minimum atomic E-state index is -0.786. The maximum Gasteiger partial charge on any atom is 0.237 e. The average Bonchev–Trinajstić information content (AvgIpc) is 3.14. The summed E-state index contributed by atoms with van der Waals surface area (Å²) in [6.45, 7) is 3.85. The van der Waals surface area contributed by atoms with Gasteiger partial charge in [-0.15, -0.1) is 0 Å². The van der Waals surface area contributed by atoms with Crippen LogP contribution < -0.4 is 11.1 Å². The molecule has 1 aliphatic carbocycles. The number of aliphatic hydroxyl groups is 2. The summed E-state index contributed by atoms with van der Waals surface area (Å²) in [5.74, 6) is 0.280. The number of hydrogen-bond donors (Lipinski definition) is 5. The first-order valence-corrected chi connectivity index (χ1v) is 10.3. The van der Waals surface area contributed by atoms with Crippen molar-refractivity contribution in [2.45, 2.75) is 89.5 Å². The number of rotatable bonds is 10. The summed E-state index contributed by atoms with van der Waals surface area (Å²) < 4.78 is 0. The number of aromatic nitrogens is 2. The number of nitrogens with two attached hydrogens (primary N) is 1. The molecular weight excluding hydrogens is 344 g/mol. The topological polar surface area (TPSA) is 124 Å². The maximum atomic E-state index is 12.6. The van der Waals surface area contributed by atoms with E-state index in [-0.39, 0.29) is 24.3 Å². The van der Waals surface area contributed by atoms with Gasteiger partial charge in [0.2, 0.25) is 5.91 Å². The third kappa shape index (κ3) is 7.24. The zero-order valence-corrected chi connectivity index (χ0v) is 16.6. The van der Waals surface area contributed by atoms with E-state index >= 15 is 0 Å². The van der Waals surface area contributed by atoms with Gasteiger partial charge in [-0.05, 0) is 18.3 Å². The molecule has 4 atom stereocenters. The lowest BCUT2D eigenvalue weighted by atomic mass is 9.82. The third-order valence-corrected chi connectivity index (χ3v) is 5.68. The van der Waals surface area contributed by atoms with E-state index in [0.29, 0.717) is 12.3 Å². The van der Waals surface area contributed by atoms with Crippen LogP contribution in [0.15, 0.2) is 12.5 Å². The van der Waals surface area contributed by atoms with Crippen LogP contribution in [0, 0.1) is 11.8 Å². The number of aromatic amines is 1. The Labute approximate surface area is 162 Å². The van der Waals surface area contributed by atoms with Crippen LogP contribution in [0.25, 0.3) is 0 Å². The van der Waals surface area contributed by atoms with Gasteiger partial charge in [-0.2, -0.15) is 0 Å². The number of carbonyl (C=O) groups is 1. The predicted molar refractivity (Wildman–Crippen MR) is 105 cm³/mol. The first-order valence-electron chi connectivity index (χ1n) is 10.3. The van der Waals surface area contributed by atoms with Crippen LogP contribution in [0.2, 0.25) is 0 Å². The summed E-state index contributed by atoms with van der Waals surface area (Å²) in [6, 6.07) is -1.11. The van der Waals surface area contributed by atoms with E-state index in [4.69, 9.17) is 5.73 Å². The SMILES string of the molecule is CC(C)C(O)CC(O)[C@H](CC1CCCCC1)NC(=O)[C@@H](N)Cc1c[nH]cn1. The van der Waals surface area contributed by atoms with Crippen LogP contribution in [-0.2, 0) is 11.2 Å². The highest BCUT2D eigenvalue weighted by atomic mass is 16.3. The summed E-state index contributed by atoms with van der Waals surface area (Å²) >= 11 is 0. The Hall–Kier alpha value is -1.44. The first kappa shape index (κ1) is 21.9. The molecule has 0 spiro atoms. The van der Waals surface area contributed by atoms with E-state index < -0.39 is 18.2 Å². The third-order valence-electron chi connectivity index (χ3n) is 5.68. The zero-order valence-electron chi connectivity index (χ0n) is 16.6. The summed E-state index contributed by atoms with van der Waals surface area (Å²) in [4.78, 5) is 19.6. The van der Waals surface area contributed by atoms with Gasteiger partial charge in [-0.25, -0.2) is 4.98 Å². The van der Waals surface area contributed by atoms with Crippen molar-refractivity contribution in [3.63, 3.8) is 0 Å². The molecule has 7 heteroatoms. The van der Waals surface area contributed by atoms with Gasteiger partial charge < -0.3 is 26.2 Å². The molecular formula is C20H36N4O3. The fourth-order valence-electron chi connectivity index (χ4n) is 3.79. The molecule has 1 fully saturated rings. The van der Waals surface area contributed by atoms with E-state index in [1.165, 1.54) is 19.3 Å². The summed E-state index contributed by atoms with van der Waals surface area (Å²) in [5.41, 5.74) is 6.78. The molecule has 7 nitrogen and oxygen atoms in total. The molecule has 2 rings (SSSR count). The second kappa shape index (κ2) is 10.8. The Morgan fingerprint density at radius 2 is 2.00 bits per heavy atom. The van der Waals surface area contributed by atoms with Gasteiger partial charge in [0, 0.05) is 19.0 Å². The van der Waals surface area contributed by atoms with Crippen LogP contribution in [0.5, 0.6) is 0 Å². The van der Waals surface area contributed by atoms with Gasteiger partial charge >= 0.3 is 0 Å². The molecule has 0 aliphatic heterocycles. The van der Waals surface area contributed by atoms with Crippen molar-refractivity contribution in [3.05, 3.63) is 18.2 Å². The van der Waals surface area contributed by atoms with Gasteiger partial charge in [0.25, 0.3) is 0 Å². The Morgan fingerprint density at radius 1 is 1.30 bits per heavy atom. The molecule has 1 saturated carbocycles. The van der Waals surface area contributed by atoms with Crippen molar-refractivity contribution < 1.29 is 15.0 Å². The normalized spacial score (nSPS) is 20.2. The second-order valence-corrected chi connectivity index (χ2v) is 8.34. The van der Waals surface area contributed by atoms with Crippen LogP contribution >= 0.6 is 0 Å². The minimum absolute atomic E-state index is 0.0626. The Kier molecular flexibility index (Phi) is 8.73. The van der Waals surface area contributed by atoms with Gasteiger partial charge in [-0.1, -0.05) is 46.0 Å². The molecule has 1 aliphatic rings. The van der Waals surface area contributed by atoms with Crippen molar-refractivity contribution in [3.8, 4) is 0 Å². The number of hydrogen-bond acceptors (Lipinski definition) is 5. The van der Waals surface area contributed by atoms with Crippen molar-refractivity contribution in [1.82, 2.24) is 15.3 Å². The fourth-order valence-corrected chi connectivity index (χ4v) is 3.79. The second-order valence-electron chi connectivity index (χ2n) is 8.34. The number of imidazole rings is 1. The van der Waals surface area contributed by atoms with Crippen LogP contribution in [0.3, 0.4) is 0 Å². The zero-order chi connectivity index (χ0) is 19.8. The van der Waals surface area contributed by atoms with E-state index in [1.807, 2.05) is 13.8 Å². The van der Waals surface area contributed by atoms with Crippen LogP contribution in [0.1, 0.15) is 64.5 Å². The maximum absolute atomic E-state index is 12.6. The Balaban J connectivity index is 1.97. The molecule has 1 amide bonds. The highest BCUT2D eigenvalue weighted by Crippen LogP contribution is 2.28. The predicted octanol–water partition coefficient (Wildman–Crippen LogP) is 1.50. The highest BCUT2D eigenvalue weighted by molar-refractivity contribution is 5.82. The van der Waals surface area contributed by atoms with Gasteiger partial charge in [0.1, 0.15) is 0 Å². The fraction of sp³-hybridized carbons (Fsp3) is 0.800. The Bertz CT molecular complexity index is 543. The molecule has 0 aromatic carbocycles. The standard InChI is InChI=1S/C20H36N4O3/c1-13(2)18(25)10-19(26)17(8-14-6-4-3-5-7-14)24-20(27)16(21)9-15-11-22-12-23-15/h11-14,16-19,25-26H,3-10,21H2,1-2H3,(H,22,23)(H,24,27)/t16-,17-,18?,19?/m0/s1. The van der Waals surface area contributed by atoms with Crippen LogP contribution in [-0.4, -0.2) is 50.4 Å². The summed E-state index contributed by atoms with van der Waals surface area (Å²) in [7, 11) is 0. The van der Waals surface area contributed by atoms with Gasteiger partial charge in [-0.3, -0.25) is 4.79 Å². The van der Waals surface area contributed by atoms with Gasteiger partial charge in [0.15, 0.2) is 0 Å². The summed E-state index contributed by atoms with van der Waals surface area (Å²) in [5, 5.41) is 23.8. The van der Waals surface area contributed by atoms with Gasteiger partial charge in [0.05, 0.1) is 36.3 Å². The molecule has 1 aromatic heterocycles. The smallest absolute Gasteiger partial charge is 0.237 e. The quantitative estimate of drug-likeness (QED) is 0.421. The van der Waals surface area contributed by atoms with E-state index in [0.717, 1.165) is 25.0 Å². The highest BCUT2D eigenvalue weighted by Gasteiger charge is 2.29. The average molecular weight is 381 g/mol. The molecule has 1 aromatic rings. The van der Waals surface area contributed by atoms with Crippen molar-refractivity contribution >= 4 is 5.91 Å². The number of carbonyl (C=O) groups excluding carboxylic acids is 1. The molecule has 2 unspecified atom stereocenters. The number of nitrogens with zero attached hydrogens (tertiary/aromatic N) is 1. The number of aliphatic hydroxyl groups excluding tert-OH is 2. The monoisotopic (exact) mass is 380 g/mol.